The number of alkyl halides is 3. The lowest BCUT2D eigenvalue weighted by Crippen LogP contribution is -2.36. The zero-order valence-electron chi connectivity index (χ0n) is 15.0. The van der Waals surface area contributed by atoms with Crippen LogP contribution in [-0.2, 0) is 6.18 Å². The number of aliphatic hydroxyl groups is 1. The maximum atomic E-state index is 12.6. The summed E-state index contributed by atoms with van der Waals surface area (Å²) in [5, 5.41) is 9.93. The highest BCUT2D eigenvalue weighted by Gasteiger charge is 2.33. The van der Waals surface area contributed by atoms with Gasteiger partial charge in [0.05, 0.1) is 25.6 Å². The van der Waals surface area contributed by atoms with Gasteiger partial charge in [0.25, 0.3) is 0 Å². The maximum Gasteiger partial charge on any atom is 0.433 e. The number of ether oxygens (including phenoxy) is 1. The van der Waals surface area contributed by atoms with Crippen molar-refractivity contribution in [3.05, 3.63) is 48.0 Å². The molecule has 1 fully saturated rings. The summed E-state index contributed by atoms with van der Waals surface area (Å²) in [6, 6.07) is 4.25. The van der Waals surface area contributed by atoms with E-state index in [4.69, 9.17) is 4.74 Å². The molecule has 1 atom stereocenters. The number of rotatable bonds is 5. The molecule has 1 aliphatic heterocycles. The van der Waals surface area contributed by atoms with Gasteiger partial charge in [0.15, 0.2) is 0 Å². The number of aromatic nitrogens is 2. The molecule has 1 unspecified atom stereocenters. The number of anilines is 1. The second kappa shape index (κ2) is 8.12. The molecule has 8 heteroatoms. The van der Waals surface area contributed by atoms with Crippen molar-refractivity contribution >= 4 is 5.69 Å². The van der Waals surface area contributed by atoms with Gasteiger partial charge in [-0.2, -0.15) is 13.2 Å². The van der Waals surface area contributed by atoms with Crippen molar-refractivity contribution in [2.24, 2.45) is 5.92 Å². The van der Waals surface area contributed by atoms with Gasteiger partial charge in [-0.1, -0.05) is 0 Å². The lowest BCUT2D eigenvalue weighted by molar-refractivity contribution is -0.141. The predicted molar refractivity (Wildman–Crippen MR) is 94.8 cm³/mol. The maximum absolute atomic E-state index is 12.6. The molecule has 1 N–H and O–H groups in total. The van der Waals surface area contributed by atoms with Gasteiger partial charge in [0.2, 0.25) is 0 Å². The molecule has 0 saturated carbocycles. The van der Waals surface area contributed by atoms with Gasteiger partial charge in [0.1, 0.15) is 11.4 Å². The molecule has 1 aliphatic rings. The van der Waals surface area contributed by atoms with Crippen LogP contribution >= 0.6 is 0 Å². The summed E-state index contributed by atoms with van der Waals surface area (Å²) in [6.07, 6.45) is 1.84. The molecule has 5 nitrogen and oxygen atoms in total. The molecular weight excluding hydrogens is 359 g/mol. The van der Waals surface area contributed by atoms with Crippen LogP contribution in [0.15, 0.2) is 36.8 Å². The van der Waals surface area contributed by atoms with E-state index in [1.807, 2.05) is 4.90 Å². The van der Waals surface area contributed by atoms with Crippen LogP contribution in [0, 0.1) is 5.92 Å². The third kappa shape index (κ3) is 4.32. The Morgan fingerprint density at radius 3 is 2.52 bits per heavy atom. The number of hydrogen-bond donors (Lipinski definition) is 1. The third-order valence-electron chi connectivity index (χ3n) is 5.14. The second-order valence-electron chi connectivity index (χ2n) is 6.63. The van der Waals surface area contributed by atoms with E-state index in [9.17, 15) is 18.3 Å². The SMILES string of the molecule is COc1ccncc1C(CO)C1CCN(c2ccc(C(F)(F)F)nc2)CC1. The molecule has 0 aromatic carbocycles. The molecule has 2 aromatic rings. The molecule has 3 rings (SSSR count). The summed E-state index contributed by atoms with van der Waals surface area (Å²) >= 11 is 0. The van der Waals surface area contributed by atoms with Crippen LogP contribution in [0.5, 0.6) is 5.75 Å². The number of hydrogen-bond acceptors (Lipinski definition) is 5. The molecule has 2 aromatic heterocycles. The Morgan fingerprint density at radius 2 is 1.96 bits per heavy atom. The molecule has 0 aliphatic carbocycles. The summed E-state index contributed by atoms with van der Waals surface area (Å²) in [4.78, 5) is 9.71. The first-order valence-electron chi connectivity index (χ1n) is 8.81. The van der Waals surface area contributed by atoms with Crippen LogP contribution < -0.4 is 9.64 Å². The minimum atomic E-state index is -4.43. The van der Waals surface area contributed by atoms with Gasteiger partial charge < -0.3 is 14.7 Å². The molecule has 1 saturated heterocycles. The number of halogens is 3. The Morgan fingerprint density at radius 1 is 1.22 bits per heavy atom. The van der Waals surface area contributed by atoms with Gasteiger partial charge in [-0.15, -0.1) is 0 Å². The number of nitrogens with zero attached hydrogens (tertiary/aromatic N) is 3. The zero-order chi connectivity index (χ0) is 19.4. The molecule has 0 spiro atoms. The van der Waals surface area contributed by atoms with Crippen molar-refractivity contribution in [1.29, 1.82) is 0 Å². The van der Waals surface area contributed by atoms with E-state index in [0.29, 0.717) is 24.5 Å². The quantitative estimate of drug-likeness (QED) is 0.859. The largest absolute Gasteiger partial charge is 0.496 e. The highest BCUT2D eigenvalue weighted by molar-refractivity contribution is 5.45. The topological polar surface area (TPSA) is 58.5 Å². The van der Waals surface area contributed by atoms with Crippen LogP contribution in [0.4, 0.5) is 18.9 Å². The van der Waals surface area contributed by atoms with Gasteiger partial charge in [-0.05, 0) is 37.0 Å². The smallest absolute Gasteiger partial charge is 0.433 e. The van der Waals surface area contributed by atoms with E-state index >= 15 is 0 Å². The van der Waals surface area contributed by atoms with Gasteiger partial charge in [-0.3, -0.25) is 4.98 Å². The Kier molecular flexibility index (Phi) is 5.84. The van der Waals surface area contributed by atoms with E-state index in [2.05, 4.69) is 9.97 Å². The number of pyridine rings is 2. The normalized spacial score (nSPS) is 17.0. The van der Waals surface area contributed by atoms with Crippen LogP contribution in [0.1, 0.15) is 30.0 Å². The van der Waals surface area contributed by atoms with Crippen molar-refractivity contribution in [2.75, 3.05) is 31.7 Å². The molecule has 0 bridgehead atoms. The van der Waals surface area contributed by atoms with Gasteiger partial charge in [-0.25, -0.2) is 4.98 Å². The molecule has 146 valence electrons. The summed E-state index contributed by atoms with van der Waals surface area (Å²) in [5.74, 6) is 0.867. The molecule has 3 heterocycles. The summed E-state index contributed by atoms with van der Waals surface area (Å²) < 4.78 is 43.3. The van der Waals surface area contributed by atoms with Crippen LogP contribution in [0.2, 0.25) is 0 Å². The van der Waals surface area contributed by atoms with Gasteiger partial charge >= 0.3 is 6.18 Å². The Balaban J connectivity index is 1.67. The van der Waals surface area contributed by atoms with Crippen molar-refractivity contribution in [1.82, 2.24) is 9.97 Å². The number of aliphatic hydroxyl groups excluding tert-OH is 1. The average molecular weight is 381 g/mol. The van der Waals surface area contributed by atoms with E-state index in [1.165, 1.54) is 12.3 Å². The van der Waals surface area contributed by atoms with E-state index < -0.39 is 11.9 Å². The van der Waals surface area contributed by atoms with E-state index in [0.717, 1.165) is 24.5 Å². The van der Waals surface area contributed by atoms with Crippen LogP contribution in [-0.4, -0.2) is 41.9 Å². The summed E-state index contributed by atoms with van der Waals surface area (Å²) in [6.45, 7) is 1.38. The van der Waals surface area contributed by atoms with Crippen molar-refractivity contribution < 1.29 is 23.0 Å². The van der Waals surface area contributed by atoms with Crippen molar-refractivity contribution in [3.8, 4) is 5.75 Å². The fourth-order valence-electron chi connectivity index (χ4n) is 3.66. The molecular formula is C19H22F3N3O2. The third-order valence-corrected chi connectivity index (χ3v) is 5.14. The Bertz CT molecular complexity index is 745. The van der Waals surface area contributed by atoms with Crippen LogP contribution in [0.3, 0.4) is 0 Å². The van der Waals surface area contributed by atoms with Crippen molar-refractivity contribution in [2.45, 2.75) is 24.9 Å². The zero-order valence-corrected chi connectivity index (χ0v) is 15.0. The summed E-state index contributed by atoms with van der Waals surface area (Å²) in [7, 11) is 1.59. The fourth-order valence-corrected chi connectivity index (χ4v) is 3.66. The molecule has 0 radical (unpaired) electrons. The van der Waals surface area contributed by atoms with Gasteiger partial charge in [0, 0.05) is 37.0 Å². The van der Waals surface area contributed by atoms with E-state index in [1.54, 1.807) is 25.6 Å². The lowest BCUT2D eigenvalue weighted by Gasteiger charge is -2.37. The first-order chi connectivity index (χ1) is 12.9. The highest BCUT2D eigenvalue weighted by atomic mass is 19.4. The standard InChI is InChI=1S/C19H22F3N3O2/c1-27-17-4-7-23-11-15(17)16(12-26)13-5-8-25(9-6-13)14-2-3-18(24-10-14)19(20,21)22/h2-4,7,10-11,13,16,26H,5-6,8-9,12H2,1H3. The van der Waals surface area contributed by atoms with Crippen molar-refractivity contribution in [3.63, 3.8) is 0 Å². The average Bonchev–Trinajstić information content (AvgIpc) is 2.69. The Labute approximate surface area is 155 Å². The Hall–Kier alpha value is -2.35. The monoisotopic (exact) mass is 381 g/mol. The first-order valence-corrected chi connectivity index (χ1v) is 8.81. The van der Waals surface area contributed by atoms with E-state index in [-0.39, 0.29) is 18.4 Å². The summed E-state index contributed by atoms with van der Waals surface area (Å²) in [5.41, 5.74) is 0.684. The highest BCUT2D eigenvalue weighted by Crippen LogP contribution is 2.37. The number of piperidine rings is 1. The number of methoxy groups -OCH3 is 1. The minimum absolute atomic E-state index is 0.00540. The van der Waals surface area contributed by atoms with Crippen LogP contribution in [0.25, 0.3) is 0 Å². The minimum Gasteiger partial charge on any atom is -0.496 e. The fraction of sp³-hybridized carbons (Fsp3) is 0.474. The first kappa shape index (κ1) is 19.4. The lowest BCUT2D eigenvalue weighted by atomic mass is 9.80. The molecule has 0 amide bonds. The molecule has 27 heavy (non-hydrogen) atoms. The second-order valence-corrected chi connectivity index (χ2v) is 6.63. The predicted octanol–water partition coefficient (Wildman–Crippen LogP) is 3.50.